The van der Waals surface area contributed by atoms with Gasteiger partial charge in [-0.3, -0.25) is 4.79 Å². The molecule has 4 heterocycles. The zero-order valence-corrected chi connectivity index (χ0v) is 15.3. The number of furan rings is 1. The molecule has 1 N–H and O–H groups in total. The van der Waals surface area contributed by atoms with E-state index in [4.69, 9.17) is 8.94 Å². The van der Waals surface area contributed by atoms with E-state index in [2.05, 4.69) is 15.5 Å². The first-order chi connectivity index (χ1) is 12.5. The summed E-state index contributed by atoms with van der Waals surface area (Å²) in [6, 6.07) is 3.77. The monoisotopic (exact) mass is 354 g/mol. The van der Waals surface area contributed by atoms with Crippen molar-refractivity contribution < 1.29 is 13.7 Å². The van der Waals surface area contributed by atoms with E-state index in [0.717, 1.165) is 43.1 Å². The molecule has 0 bridgehead atoms. The van der Waals surface area contributed by atoms with Crippen LogP contribution in [0.25, 0.3) is 22.4 Å². The van der Waals surface area contributed by atoms with Crippen LogP contribution in [-0.4, -0.2) is 47.1 Å². The van der Waals surface area contributed by atoms with Crippen LogP contribution in [0.1, 0.15) is 34.0 Å². The molecule has 0 aromatic carbocycles. The Hall–Kier alpha value is -2.67. The van der Waals surface area contributed by atoms with Gasteiger partial charge in [0, 0.05) is 25.2 Å². The average Bonchev–Trinajstić information content (AvgIpc) is 3.03. The smallest absolute Gasteiger partial charge is 0.259 e. The number of hydrogen-bond donors (Lipinski definition) is 1. The third-order valence-corrected chi connectivity index (χ3v) is 4.79. The van der Waals surface area contributed by atoms with Crippen LogP contribution in [0.2, 0.25) is 0 Å². The van der Waals surface area contributed by atoms with Gasteiger partial charge in [0.25, 0.3) is 11.6 Å². The molecular formula is C19H22N4O3. The van der Waals surface area contributed by atoms with Crippen molar-refractivity contribution in [3.63, 3.8) is 0 Å². The molecule has 136 valence electrons. The lowest BCUT2D eigenvalue weighted by molar-refractivity contribution is 0.0768. The molecule has 0 saturated carbocycles. The summed E-state index contributed by atoms with van der Waals surface area (Å²) < 4.78 is 11.0. The van der Waals surface area contributed by atoms with E-state index in [0.29, 0.717) is 34.6 Å². The Morgan fingerprint density at radius 2 is 2.04 bits per heavy atom. The van der Waals surface area contributed by atoms with Gasteiger partial charge in [-0.2, -0.15) is 0 Å². The molecule has 26 heavy (non-hydrogen) atoms. The SMILES string of the molecule is Cc1cc(-c2cc(C(=O)N3CCCNCC3)c3c(C)noc3n2)c(C)o1. The number of amides is 1. The molecule has 4 rings (SSSR count). The first kappa shape index (κ1) is 16.8. The number of carbonyl (C=O) groups is 1. The molecule has 3 aromatic rings. The van der Waals surface area contributed by atoms with E-state index < -0.39 is 0 Å². The lowest BCUT2D eigenvalue weighted by atomic mass is 10.0. The number of aromatic nitrogens is 2. The molecule has 0 unspecified atom stereocenters. The van der Waals surface area contributed by atoms with Gasteiger partial charge in [-0.15, -0.1) is 0 Å². The van der Waals surface area contributed by atoms with Crippen LogP contribution in [0.5, 0.6) is 0 Å². The van der Waals surface area contributed by atoms with E-state index in [1.165, 1.54) is 0 Å². The molecule has 1 aliphatic rings. The first-order valence-electron chi connectivity index (χ1n) is 8.89. The maximum Gasteiger partial charge on any atom is 0.259 e. The van der Waals surface area contributed by atoms with Crippen molar-refractivity contribution in [2.75, 3.05) is 26.2 Å². The fourth-order valence-corrected chi connectivity index (χ4v) is 3.51. The Bertz CT molecular complexity index is 965. The van der Waals surface area contributed by atoms with Crippen molar-refractivity contribution >= 4 is 17.0 Å². The number of pyridine rings is 1. The second-order valence-corrected chi connectivity index (χ2v) is 6.73. The number of fused-ring (bicyclic) bond motifs is 1. The third kappa shape index (κ3) is 2.88. The summed E-state index contributed by atoms with van der Waals surface area (Å²) in [5.74, 6) is 1.56. The highest BCUT2D eigenvalue weighted by molar-refractivity contribution is 6.07. The van der Waals surface area contributed by atoms with E-state index in [1.54, 1.807) is 0 Å². The maximum atomic E-state index is 13.3. The van der Waals surface area contributed by atoms with E-state index in [9.17, 15) is 4.79 Å². The predicted molar refractivity (Wildman–Crippen MR) is 97.1 cm³/mol. The van der Waals surface area contributed by atoms with Crippen LogP contribution in [-0.2, 0) is 0 Å². The van der Waals surface area contributed by atoms with Crippen molar-refractivity contribution in [1.82, 2.24) is 20.4 Å². The Morgan fingerprint density at radius 1 is 1.19 bits per heavy atom. The van der Waals surface area contributed by atoms with Crippen molar-refractivity contribution in [3.05, 3.63) is 34.9 Å². The number of nitrogens with one attached hydrogen (secondary N) is 1. The van der Waals surface area contributed by atoms with Gasteiger partial charge in [0.2, 0.25) is 0 Å². The second-order valence-electron chi connectivity index (χ2n) is 6.73. The highest BCUT2D eigenvalue weighted by Crippen LogP contribution is 2.31. The van der Waals surface area contributed by atoms with E-state index >= 15 is 0 Å². The predicted octanol–water partition coefficient (Wildman–Crippen LogP) is 2.84. The molecule has 1 saturated heterocycles. The van der Waals surface area contributed by atoms with Crippen molar-refractivity contribution in [1.29, 1.82) is 0 Å². The zero-order valence-electron chi connectivity index (χ0n) is 15.3. The highest BCUT2D eigenvalue weighted by Gasteiger charge is 2.24. The van der Waals surface area contributed by atoms with E-state index in [-0.39, 0.29) is 5.91 Å². The summed E-state index contributed by atoms with van der Waals surface area (Å²) in [6.07, 6.45) is 0.940. The fourth-order valence-electron chi connectivity index (χ4n) is 3.51. The van der Waals surface area contributed by atoms with Gasteiger partial charge in [-0.25, -0.2) is 4.98 Å². The molecule has 7 nitrogen and oxygen atoms in total. The van der Waals surface area contributed by atoms with E-state index in [1.807, 2.05) is 37.8 Å². The van der Waals surface area contributed by atoms with Gasteiger partial charge in [0.15, 0.2) is 0 Å². The topological polar surface area (TPSA) is 84.4 Å². The normalized spacial score (nSPS) is 15.4. The van der Waals surface area contributed by atoms with Crippen molar-refractivity contribution in [3.8, 4) is 11.3 Å². The minimum atomic E-state index is -0.00785. The van der Waals surface area contributed by atoms with Crippen LogP contribution in [0.3, 0.4) is 0 Å². The minimum absolute atomic E-state index is 0.00785. The average molecular weight is 354 g/mol. The number of carbonyl (C=O) groups excluding carboxylic acids is 1. The summed E-state index contributed by atoms with van der Waals surface area (Å²) in [7, 11) is 0. The Labute approximate surface area is 151 Å². The van der Waals surface area contributed by atoms with Crippen LogP contribution < -0.4 is 5.32 Å². The number of hydrogen-bond acceptors (Lipinski definition) is 6. The first-order valence-corrected chi connectivity index (χ1v) is 8.89. The molecule has 0 radical (unpaired) electrons. The summed E-state index contributed by atoms with van der Waals surface area (Å²) >= 11 is 0. The molecule has 1 fully saturated rings. The molecule has 0 aliphatic carbocycles. The molecular weight excluding hydrogens is 332 g/mol. The fraction of sp³-hybridized carbons (Fsp3) is 0.421. The van der Waals surface area contributed by atoms with Crippen LogP contribution in [0.15, 0.2) is 21.1 Å². The summed E-state index contributed by atoms with van der Waals surface area (Å²) in [4.78, 5) is 19.7. The molecule has 7 heteroatoms. The van der Waals surface area contributed by atoms with Gasteiger partial charge in [0.05, 0.1) is 22.3 Å². The molecule has 0 spiro atoms. The standard InChI is InChI=1S/C19H22N4O3/c1-11-9-14(13(3)25-11)16-10-15(17-12(2)22-26-18(17)21-16)19(24)23-7-4-5-20-6-8-23/h9-10,20H,4-8H2,1-3H3. The van der Waals surface area contributed by atoms with Gasteiger partial charge in [-0.1, -0.05) is 5.16 Å². The lowest BCUT2D eigenvalue weighted by Gasteiger charge is -2.20. The second kappa shape index (κ2) is 6.57. The third-order valence-electron chi connectivity index (χ3n) is 4.79. The van der Waals surface area contributed by atoms with Crippen LogP contribution >= 0.6 is 0 Å². The van der Waals surface area contributed by atoms with Crippen LogP contribution in [0, 0.1) is 20.8 Å². The Morgan fingerprint density at radius 3 is 2.81 bits per heavy atom. The van der Waals surface area contributed by atoms with Gasteiger partial charge in [-0.05, 0) is 45.9 Å². The molecule has 1 amide bonds. The van der Waals surface area contributed by atoms with Crippen molar-refractivity contribution in [2.45, 2.75) is 27.2 Å². The molecule has 1 aliphatic heterocycles. The quantitative estimate of drug-likeness (QED) is 0.762. The highest BCUT2D eigenvalue weighted by atomic mass is 16.5. The molecule has 3 aromatic heterocycles. The summed E-state index contributed by atoms with van der Waals surface area (Å²) in [5.41, 5.74) is 3.18. The summed E-state index contributed by atoms with van der Waals surface area (Å²) in [6.45, 7) is 8.77. The van der Waals surface area contributed by atoms with Crippen LogP contribution in [0.4, 0.5) is 0 Å². The Balaban J connectivity index is 1.85. The van der Waals surface area contributed by atoms with Gasteiger partial charge >= 0.3 is 0 Å². The molecule has 0 atom stereocenters. The zero-order chi connectivity index (χ0) is 18.3. The Kier molecular flexibility index (Phi) is 4.24. The van der Waals surface area contributed by atoms with Gasteiger partial charge in [0.1, 0.15) is 11.5 Å². The summed E-state index contributed by atoms with van der Waals surface area (Å²) in [5, 5.41) is 8.03. The lowest BCUT2D eigenvalue weighted by Crippen LogP contribution is -2.34. The number of nitrogens with zero attached hydrogens (tertiary/aromatic N) is 3. The van der Waals surface area contributed by atoms with Gasteiger partial charge < -0.3 is 19.2 Å². The maximum absolute atomic E-state index is 13.3. The largest absolute Gasteiger partial charge is 0.466 e. The minimum Gasteiger partial charge on any atom is -0.466 e. The number of aryl methyl sites for hydroxylation is 3. The number of rotatable bonds is 2. The van der Waals surface area contributed by atoms with Crippen molar-refractivity contribution in [2.24, 2.45) is 0 Å².